The number of carbonyl (C=O) groups excluding carboxylic acids is 1. The highest BCUT2D eigenvalue weighted by Gasteiger charge is 2.20. The first kappa shape index (κ1) is 13.7. The Labute approximate surface area is 90.5 Å². The summed E-state index contributed by atoms with van der Waals surface area (Å²) in [6.07, 6.45) is 2.05. The molecule has 88 valence electrons. The number of aliphatic carboxylic acids is 1. The van der Waals surface area contributed by atoms with Crippen LogP contribution in [0.4, 0.5) is 4.79 Å². The van der Waals surface area contributed by atoms with Crippen molar-refractivity contribution in [3.05, 3.63) is 0 Å². The molecular formula is C10H20N2O3. The third-order valence-electron chi connectivity index (χ3n) is 2.08. The number of hydrogen-bond donors (Lipinski definition) is 2. The number of amides is 2. The van der Waals surface area contributed by atoms with E-state index in [4.69, 9.17) is 5.11 Å². The zero-order chi connectivity index (χ0) is 11.8. The monoisotopic (exact) mass is 216 g/mol. The fourth-order valence-electron chi connectivity index (χ4n) is 1.24. The van der Waals surface area contributed by atoms with Crippen molar-refractivity contribution in [3.8, 4) is 0 Å². The molecule has 5 nitrogen and oxygen atoms in total. The number of carboxylic acid groups (broad SMARTS) is 1. The van der Waals surface area contributed by atoms with Gasteiger partial charge in [0.15, 0.2) is 0 Å². The topological polar surface area (TPSA) is 69.6 Å². The van der Waals surface area contributed by atoms with Crippen molar-refractivity contribution in [2.75, 3.05) is 13.6 Å². The first-order valence-corrected chi connectivity index (χ1v) is 5.27. The Balaban J connectivity index is 4.15. The Hall–Kier alpha value is -1.26. The summed E-state index contributed by atoms with van der Waals surface area (Å²) in [7, 11) is 1.66. The molecule has 0 rings (SSSR count). The number of carboxylic acids is 1. The summed E-state index contributed by atoms with van der Waals surface area (Å²) >= 11 is 0. The van der Waals surface area contributed by atoms with Gasteiger partial charge in [-0.15, -0.1) is 0 Å². The molecule has 0 aromatic rings. The van der Waals surface area contributed by atoms with E-state index in [1.807, 2.05) is 13.8 Å². The molecule has 1 atom stereocenters. The summed E-state index contributed by atoms with van der Waals surface area (Å²) < 4.78 is 0. The fraction of sp³-hybridized carbons (Fsp3) is 0.800. The van der Waals surface area contributed by atoms with Crippen LogP contribution < -0.4 is 5.32 Å². The number of carbonyl (C=O) groups is 2. The van der Waals surface area contributed by atoms with Gasteiger partial charge in [-0.2, -0.15) is 0 Å². The molecule has 0 fully saturated rings. The Morgan fingerprint density at radius 1 is 1.33 bits per heavy atom. The van der Waals surface area contributed by atoms with Crippen LogP contribution in [0.3, 0.4) is 0 Å². The first-order valence-electron chi connectivity index (χ1n) is 5.27. The Morgan fingerprint density at radius 2 is 1.93 bits per heavy atom. The van der Waals surface area contributed by atoms with Crippen LogP contribution in [0.2, 0.25) is 0 Å². The third-order valence-corrected chi connectivity index (χ3v) is 2.08. The zero-order valence-electron chi connectivity index (χ0n) is 9.62. The molecule has 2 amide bonds. The average Bonchev–Trinajstić information content (AvgIpc) is 2.17. The lowest BCUT2D eigenvalue weighted by Gasteiger charge is -2.20. The van der Waals surface area contributed by atoms with Crippen LogP contribution in [-0.2, 0) is 4.79 Å². The molecule has 5 heteroatoms. The minimum absolute atomic E-state index is 0.322. The van der Waals surface area contributed by atoms with E-state index in [1.54, 1.807) is 7.05 Å². The molecule has 0 aromatic heterocycles. The Kier molecular flexibility index (Phi) is 6.49. The molecule has 2 N–H and O–H groups in total. The molecule has 0 aliphatic rings. The van der Waals surface area contributed by atoms with Crippen molar-refractivity contribution in [1.29, 1.82) is 0 Å². The van der Waals surface area contributed by atoms with Gasteiger partial charge in [0.05, 0.1) is 0 Å². The summed E-state index contributed by atoms with van der Waals surface area (Å²) in [6, 6.07) is -1.10. The van der Waals surface area contributed by atoms with E-state index in [9.17, 15) is 9.59 Å². The van der Waals surface area contributed by atoms with Gasteiger partial charge in [0.2, 0.25) is 0 Å². The number of nitrogens with zero attached hydrogens (tertiary/aromatic N) is 1. The highest BCUT2D eigenvalue weighted by Crippen LogP contribution is 1.98. The maximum Gasteiger partial charge on any atom is 0.326 e. The highest BCUT2D eigenvalue weighted by atomic mass is 16.4. The van der Waals surface area contributed by atoms with Gasteiger partial charge in [0, 0.05) is 13.6 Å². The van der Waals surface area contributed by atoms with Crippen molar-refractivity contribution in [1.82, 2.24) is 10.2 Å². The quantitative estimate of drug-likeness (QED) is 0.703. The minimum Gasteiger partial charge on any atom is -0.480 e. The van der Waals surface area contributed by atoms with E-state index >= 15 is 0 Å². The van der Waals surface area contributed by atoms with Crippen LogP contribution in [0.25, 0.3) is 0 Å². The van der Waals surface area contributed by atoms with Gasteiger partial charge in [-0.3, -0.25) is 0 Å². The molecule has 0 heterocycles. The van der Waals surface area contributed by atoms with Crippen molar-refractivity contribution >= 4 is 12.0 Å². The van der Waals surface area contributed by atoms with Crippen LogP contribution in [0, 0.1) is 0 Å². The molecule has 15 heavy (non-hydrogen) atoms. The second-order valence-electron chi connectivity index (χ2n) is 3.55. The minimum atomic E-state index is -0.977. The molecular weight excluding hydrogens is 196 g/mol. The lowest BCUT2D eigenvalue weighted by atomic mass is 10.2. The molecule has 0 unspecified atom stereocenters. The molecule has 0 bridgehead atoms. The zero-order valence-corrected chi connectivity index (χ0v) is 9.62. The van der Waals surface area contributed by atoms with Crippen molar-refractivity contribution in [2.45, 2.75) is 39.2 Å². The molecule has 0 saturated heterocycles. The van der Waals surface area contributed by atoms with Crippen LogP contribution in [-0.4, -0.2) is 41.6 Å². The predicted molar refractivity (Wildman–Crippen MR) is 57.8 cm³/mol. The molecule has 0 aliphatic carbocycles. The van der Waals surface area contributed by atoms with Crippen LogP contribution >= 0.6 is 0 Å². The van der Waals surface area contributed by atoms with Gasteiger partial charge in [-0.05, 0) is 12.8 Å². The first-order chi connectivity index (χ1) is 7.02. The number of nitrogens with one attached hydrogen (secondary N) is 1. The van der Waals surface area contributed by atoms with E-state index < -0.39 is 12.0 Å². The maximum absolute atomic E-state index is 11.5. The van der Waals surface area contributed by atoms with Crippen LogP contribution in [0.15, 0.2) is 0 Å². The van der Waals surface area contributed by atoms with Gasteiger partial charge in [0.1, 0.15) is 6.04 Å². The largest absolute Gasteiger partial charge is 0.480 e. The number of urea groups is 1. The van der Waals surface area contributed by atoms with Gasteiger partial charge in [-0.1, -0.05) is 20.3 Å². The van der Waals surface area contributed by atoms with Gasteiger partial charge >= 0.3 is 12.0 Å². The predicted octanol–water partition coefficient (Wildman–Crippen LogP) is 1.29. The normalized spacial score (nSPS) is 11.9. The second kappa shape index (κ2) is 7.09. The average molecular weight is 216 g/mol. The van der Waals surface area contributed by atoms with Crippen molar-refractivity contribution < 1.29 is 14.7 Å². The standard InChI is InChI=1S/C10H20N2O3/c1-4-6-8(9(13)14)11-10(15)12(3)7-5-2/h8H,4-7H2,1-3H3,(H,11,15)(H,13,14)/t8-/m0/s1. The highest BCUT2D eigenvalue weighted by molar-refractivity contribution is 5.82. The molecule has 0 spiro atoms. The van der Waals surface area contributed by atoms with Gasteiger partial charge in [0.25, 0.3) is 0 Å². The van der Waals surface area contributed by atoms with E-state index in [1.165, 1.54) is 4.90 Å². The Morgan fingerprint density at radius 3 is 2.33 bits per heavy atom. The summed E-state index contributed by atoms with van der Waals surface area (Å²) in [4.78, 5) is 23.7. The van der Waals surface area contributed by atoms with E-state index in [0.717, 1.165) is 12.8 Å². The Bertz CT molecular complexity index is 219. The van der Waals surface area contributed by atoms with Gasteiger partial charge in [-0.25, -0.2) is 9.59 Å². The lowest BCUT2D eigenvalue weighted by molar-refractivity contribution is -0.139. The molecule has 0 aliphatic heterocycles. The van der Waals surface area contributed by atoms with E-state index in [-0.39, 0.29) is 6.03 Å². The molecule has 0 saturated carbocycles. The lowest BCUT2D eigenvalue weighted by Crippen LogP contribution is -2.46. The van der Waals surface area contributed by atoms with Crippen LogP contribution in [0.1, 0.15) is 33.1 Å². The second-order valence-corrected chi connectivity index (χ2v) is 3.55. The third kappa shape index (κ3) is 5.24. The maximum atomic E-state index is 11.5. The number of rotatable bonds is 6. The SMILES string of the molecule is CCC[C@H](NC(=O)N(C)CCC)C(=O)O. The molecule has 0 aromatic carbocycles. The number of hydrogen-bond acceptors (Lipinski definition) is 2. The smallest absolute Gasteiger partial charge is 0.326 e. The van der Waals surface area contributed by atoms with Crippen LogP contribution in [0.5, 0.6) is 0 Å². The van der Waals surface area contributed by atoms with Crippen molar-refractivity contribution in [3.63, 3.8) is 0 Å². The summed E-state index contributed by atoms with van der Waals surface area (Å²) in [5.74, 6) is -0.977. The summed E-state index contributed by atoms with van der Waals surface area (Å²) in [5.41, 5.74) is 0. The summed E-state index contributed by atoms with van der Waals surface area (Å²) in [6.45, 7) is 4.48. The van der Waals surface area contributed by atoms with Gasteiger partial charge < -0.3 is 15.3 Å². The van der Waals surface area contributed by atoms with E-state index in [0.29, 0.717) is 13.0 Å². The van der Waals surface area contributed by atoms with E-state index in [2.05, 4.69) is 5.32 Å². The summed E-state index contributed by atoms with van der Waals surface area (Å²) in [5, 5.41) is 11.3. The van der Waals surface area contributed by atoms with Crippen molar-refractivity contribution in [2.24, 2.45) is 0 Å². The fourth-order valence-corrected chi connectivity index (χ4v) is 1.24. The molecule has 0 radical (unpaired) electrons.